The van der Waals surface area contributed by atoms with Crippen molar-refractivity contribution in [2.24, 2.45) is 5.92 Å². The Bertz CT molecular complexity index is 616. The third kappa shape index (κ3) is 7.28. The number of amides is 1. The van der Waals surface area contributed by atoms with Gasteiger partial charge in [-0.1, -0.05) is 12.1 Å². The first-order valence-electron chi connectivity index (χ1n) is 11.0. The van der Waals surface area contributed by atoms with E-state index in [1.165, 1.54) is 24.9 Å². The SMILES string of the molecule is COc1ccc(CCN2CCC[C@H](CN(C)C(=O)CCN3CCOCC3)C2)cc1. The Balaban J connectivity index is 1.37. The van der Waals surface area contributed by atoms with Gasteiger partial charge in [0, 0.05) is 52.7 Å². The van der Waals surface area contributed by atoms with Crippen LogP contribution in [0.2, 0.25) is 0 Å². The van der Waals surface area contributed by atoms with Gasteiger partial charge in [-0.25, -0.2) is 0 Å². The lowest BCUT2D eigenvalue weighted by atomic mass is 9.97. The molecule has 2 aliphatic rings. The van der Waals surface area contributed by atoms with Crippen LogP contribution in [0.5, 0.6) is 5.75 Å². The monoisotopic (exact) mass is 403 g/mol. The maximum absolute atomic E-state index is 12.5. The summed E-state index contributed by atoms with van der Waals surface area (Å²) in [6.07, 6.45) is 4.12. The lowest BCUT2D eigenvalue weighted by Gasteiger charge is -2.35. The Kier molecular flexibility index (Phi) is 8.77. The number of methoxy groups -OCH3 is 1. The van der Waals surface area contributed by atoms with E-state index in [9.17, 15) is 4.79 Å². The van der Waals surface area contributed by atoms with E-state index in [0.717, 1.165) is 64.7 Å². The van der Waals surface area contributed by atoms with Gasteiger partial charge < -0.3 is 19.3 Å². The van der Waals surface area contributed by atoms with Gasteiger partial charge in [-0.3, -0.25) is 9.69 Å². The number of likely N-dealkylation sites (tertiary alicyclic amines) is 1. The normalized spacial score (nSPS) is 21.1. The number of piperidine rings is 1. The van der Waals surface area contributed by atoms with Crippen molar-refractivity contribution in [3.05, 3.63) is 29.8 Å². The van der Waals surface area contributed by atoms with Crippen LogP contribution in [0, 0.1) is 5.92 Å². The topological polar surface area (TPSA) is 45.2 Å². The van der Waals surface area contributed by atoms with Crippen molar-refractivity contribution < 1.29 is 14.3 Å². The largest absolute Gasteiger partial charge is 0.497 e. The van der Waals surface area contributed by atoms with E-state index < -0.39 is 0 Å². The zero-order valence-corrected chi connectivity index (χ0v) is 18.1. The van der Waals surface area contributed by atoms with Gasteiger partial charge in [-0.15, -0.1) is 0 Å². The molecule has 2 fully saturated rings. The summed E-state index contributed by atoms with van der Waals surface area (Å²) in [4.78, 5) is 19.4. The molecule has 1 atom stereocenters. The van der Waals surface area contributed by atoms with Gasteiger partial charge in [0.15, 0.2) is 0 Å². The molecule has 0 aliphatic carbocycles. The quantitative estimate of drug-likeness (QED) is 0.632. The summed E-state index contributed by atoms with van der Waals surface area (Å²) in [6.45, 7) is 8.55. The molecule has 6 heteroatoms. The van der Waals surface area contributed by atoms with Gasteiger partial charge in [-0.2, -0.15) is 0 Å². The molecule has 1 aromatic rings. The van der Waals surface area contributed by atoms with E-state index in [0.29, 0.717) is 12.3 Å². The molecule has 1 aromatic carbocycles. The molecule has 1 amide bonds. The zero-order valence-electron chi connectivity index (χ0n) is 18.1. The van der Waals surface area contributed by atoms with Gasteiger partial charge >= 0.3 is 0 Å². The summed E-state index contributed by atoms with van der Waals surface area (Å²) in [6, 6.07) is 8.38. The standard InChI is InChI=1S/C23H37N3O3/c1-24(23(27)10-13-25-14-16-29-17-15-25)18-21-4-3-11-26(19-21)12-9-20-5-7-22(28-2)8-6-20/h5-8,21H,3-4,9-19H2,1-2H3/t21-/m1/s1. The summed E-state index contributed by atoms with van der Waals surface area (Å²) in [5, 5.41) is 0. The number of carbonyl (C=O) groups is 1. The molecular weight excluding hydrogens is 366 g/mol. The van der Waals surface area contributed by atoms with Crippen LogP contribution in [0.25, 0.3) is 0 Å². The predicted molar refractivity (Wildman–Crippen MR) is 115 cm³/mol. The minimum Gasteiger partial charge on any atom is -0.497 e. The highest BCUT2D eigenvalue weighted by Gasteiger charge is 2.23. The number of ether oxygens (including phenoxy) is 2. The third-order valence-corrected chi connectivity index (χ3v) is 6.18. The molecule has 162 valence electrons. The predicted octanol–water partition coefficient (Wildman–Crippen LogP) is 2.13. The van der Waals surface area contributed by atoms with Crippen LogP contribution in [0.3, 0.4) is 0 Å². The number of morpholine rings is 1. The third-order valence-electron chi connectivity index (χ3n) is 6.18. The van der Waals surface area contributed by atoms with Crippen molar-refractivity contribution in [3.8, 4) is 5.75 Å². The highest BCUT2D eigenvalue weighted by atomic mass is 16.5. The number of hydrogen-bond acceptors (Lipinski definition) is 5. The lowest BCUT2D eigenvalue weighted by Crippen LogP contribution is -2.43. The first-order valence-corrected chi connectivity index (χ1v) is 11.0. The Hall–Kier alpha value is -1.63. The first-order chi connectivity index (χ1) is 14.1. The molecule has 0 radical (unpaired) electrons. The summed E-state index contributed by atoms with van der Waals surface area (Å²) >= 11 is 0. The molecule has 0 aromatic heterocycles. The van der Waals surface area contributed by atoms with Gasteiger partial charge in [0.05, 0.1) is 20.3 Å². The summed E-state index contributed by atoms with van der Waals surface area (Å²) in [7, 11) is 3.67. The highest BCUT2D eigenvalue weighted by molar-refractivity contribution is 5.76. The first kappa shape index (κ1) is 22.1. The molecule has 0 unspecified atom stereocenters. The second-order valence-electron chi connectivity index (χ2n) is 8.39. The average Bonchev–Trinajstić information content (AvgIpc) is 2.77. The van der Waals surface area contributed by atoms with E-state index in [2.05, 4.69) is 21.9 Å². The second kappa shape index (κ2) is 11.5. The molecule has 2 heterocycles. The van der Waals surface area contributed by atoms with Crippen LogP contribution in [0.4, 0.5) is 0 Å². The van der Waals surface area contributed by atoms with Gasteiger partial charge in [0.1, 0.15) is 5.75 Å². The lowest BCUT2D eigenvalue weighted by molar-refractivity contribution is -0.131. The summed E-state index contributed by atoms with van der Waals surface area (Å²) < 4.78 is 10.6. The van der Waals surface area contributed by atoms with Crippen LogP contribution in [0.15, 0.2) is 24.3 Å². The Morgan fingerprint density at radius 2 is 1.90 bits per heavy atom. The smallest absolute Gasteiger partial charge is 0.223 e. The molecule has 2 aliphatic heterocycles. The molecule has 6 nitrogen and oxygen atoms in total. The Morgan fingerprint density at radius 3 is 2.62 bits per heavy atom. The van der Waals surface area contributed by atoms with Gasteiger partial charge in [-0.05, 0) is 49.4 Å². The fourth-order valence-corrected chi connectivity index (χ4v) is 4.34. The summed E-state index contributed by atoms with van der Waals surface area (Å²) in [5.41, 5.74) is 1.35. The molecule has 0 spiro atoms. The van der Waals surface area contributed by atoms with E-state index >= 15 is 0 Å². The van der Waals surface area contributed by atoms with Crippen LogP contribution in [0.1, 0.15) is 24.8 Å². The number of rotatable bonds is 9. The van der Waals surface area contributed by atoms with Crippen LogP contribution < -0.4 is 4.74 Å². The van der Waals surface area contributed by atoms with Crippen LogP contribution >= 0.6 is 0 Å². The van der Waals surface area contributed by atoms with Crippen molar-refractivity contribution in [3.63, 3.8) is 0 Å². The van der Waals surface area contributed by atoms with E-state index in [1.54, 1.807) is 7.11 Å². The number of benzene rings is 1. The minimum absolute atomic E-state index is 0.270. The van der Waals surface area contributed by atoms with Crippen molar-refractivity contribution in [2.45, 2.75) is 25.7 Å². The van der Waals surface area contributed by atoms with E-state index in [4.69, 9.17) is 9.47 Å². The average molecular weight is 404 g/mol. The highest BCUT2D eigenvalue weighted by Crippen LogP contribution is 2.19. The number of carbonyl (C=O) groups excluding carboxylic acids is 1. The molecule has 0 saturated carbocycles. The molecule has 29 heavy (non-hydrogen) atoms. The molecule has 0 N–H and O–H groups in total. The van der Waals surface area contributed by atoms with Gasteiger partial charge in [0.25, 0.3) is 0 Å². The number of hydrogen-bond donors (Lipinski definition) is 0. The summed E-state index contributed by atoms with van der Waals surface area (Å²) in [5.74, 6) is 1.76. The Morgan fingerprint density at radius 1 is 1.14 bits per heavy atom. The number of nitrogens with zero attached hydrogens (tertiary/aromatic N) is 3. The second-order valence-corrected chi connectivity index (χ2v) is 8.39. The van der Waals surface area contributed by atoms with Crippen LogP contribution in [-0.2, 0) is 16.0 Å². The maximum Gasteiger partial charge on any atom is 0.223 e. The zero-order chi connectivity index (χ0) is 20.5. The fraction of sp³-hybridized carbons (Fsp3) is 0.696. The molecule has 0 bridgehead atoms. The maximum atomic E-state index is 12.5. The van der Waals surface area contributed by atoms with E-state index in [1.807, 2.05) is 24.1 Å². The van der Waals surface area contributed by atoms with Crippen molar-refractivity contribution in [1.29, 1.82) is 0 Å². The van der Waals surface area contributed by atoms with E-state index in [-0.39, 0.29) is 5.91 Å². The molecule has 3 rings (SSSR count). The Labute approximate surface area is 175 Å². The molecule has 2 saturated heterocycles. The van der Waals surface area contributed by atoms with Crippen molar-refractivity contribution >= 4 is 5.91 Å². The van der Waals surface area contributed by atoms with Crippen LogP contribution in [-0.4, -0.2) is 93.8 Å². The van der Waals surface area contributed by atoms with Gasteiger partial charge in [0.2, 0.25) is 5.91 Å². The van der Waals surface area contributed by atoms with Crippen molar-refractivity contribution in [2.75, 3.05) is 73.2 Å². The minimum atomic E-state index is 0.270. The molecular formula is C23H37N3O3. The fourth-order valence-electron chi connectivity index (χ4n) is 4.34. The van der Waals surface area contributed by atoms with Crippen molar-refractivity contribution in [1.82, 2.24) is 14.7 Å².